The van der Waals surface area contributed by atoms with E-state index in [1.54, 1.807) is 17.4 Å². The van der Waals surface area contributed by atoms with E-state index in [1.165, 1.54) is 29.8 Å². The van der Waals surface area contributed by atoms with Crippen molar-refractivity contribution in [2.24, 2.45) is 7.05 Å². The quantitative estimate of drug-likeness (QED) is 0.536. The molecule has 35 heavy (non-hydrogen) atoms. The summed E-state index contributed by atoms with van der Waals surface area (Å²) in [5, 5.41) is 7.02. The van der Waals surface area contributed by atoms with E-state index in [-0.39, 0.29) is 11.8 Å². The molecule has 1 saturated carbocycles. The second-order valence-corrected chi connectivity index (χ2v) is 11.1. The standard InChI is InChI=1S/C26H31N5O3S/c1-31-23-18(29-24(31)15-6-4-7-15)12-16(13-19(23)30-26(33)20-9-5-11-34-20)25(32)27-14-22-28-17-8-2-3-10-21(17)35-22/h12-13,15,20H,2-11,14H2,1H3,(H,27,32)(H,30,33). The number of thiazole rings is 1. The number of rotatable bonds is 6. The van der Waals surface area contributed by atoms with Crippen LogP contribution in [0.4, 0.5) is 5.69 Å². The third-order valence-electron chi connectivity index (χ3n) is 7.51. The molecule has 2 aromatic heterocycles. The number of hydrogen-bond donors (Lipinski definition) is 2. The molecule has 1 atom stereocenters. The van der Waals surface area contributed by atoms with Gasteiger partial charge < -0.3 is 19.9 Å². The molecule has 3 heterocycles. The number of benzene rings is 1. The number of aryl methyl sites for hydroxylation is 3. The topological polar surface area (TPSA) is 98.1 Å². The lowest BCUT2D eigenvalue weighted by molar-refractivity contribution is -0.124. The van der Waals surface area contributed by atoms with Crippen LogP contribution in [0, 0.1) is 0 Å². The number of ether oxygens (including phenoxy) is 1. The van der Waals surface area contributed by atoms with Gasteiger partial charge in [-0.25, -0.2) is 9.97 Å². The highest BCUT2D eigenvalue weighted by molar-refractivity contribution is 7.11. The Morgan fingerprint density at radius 1 is 1.11 bits per heavy atom. The number of amides is 2. The summed E-state index contributed by atoms with van der Waals surface area (Å²) in [7, 11) is 1.99. The third-order valence-corrected chi connectivity index (χ3v) is 8.66. The first-order valence-electron chi connectivity index (χ1n) is 12.8. The van der Waals surface area contributed by atoms with Crippen molar-refractivity contribution in [3.8, 4) is 0 Å². The summed E-state index contributed by atoms with van der Waals surface area (Å²) in [6.45, 7) is 1.01. The molecule has 9 heteroatoms. The van der Waals surface area contributed by atoms with Crippen molar-refractivity contribution in [2.75, 3.05) is 11.9 Å². The molecule has 0 bridgehead atoms. The van der Waals surface area contributed by atoms with E-state index in [9.17, 15) is 9.59 Å². The minimum Gasteiger partial charge on any atom is -0.368 e. The van der Waals surface area contributed by atoms with E-state index in [2.05, 4.69) is 15.2 Å². The van der Waals surface area contributed by atoms with Crippen LogP contribution < -0.4 is 10.6 Å². The lowest BCUT2D eigenvalue weighted by Crippen LogP contribution is -2.27. The fourth-order valence-corrected chi connectivity index (χ4v) is 6.46. The van der Waals surface area contributed by atoms with Gasteiger partial charge in [0.2, 0.25) is 0 Å². The molecular weight excluding hydrogens is 462 g/mol. The molecule has 3 aromatic rings. The van der Waals surface area contributed by atoms with Crippen molar-refractivity contribution in [1.82, 2.24) is 19.9 Å². The van der Waals surface area contributed by atoms with E-state index < -0.39 is 6.10 Å². The molecule has 2 amide bonds. The van der Waals surface area contributed by atoms with Crippen LogP contribution in [0.2, 0.25) is 0 Å². The summed E-state index contributed by atoms with van der Waals surface area (Å²) in [5.41, 5.74) is 3.87. The first-order chi connectivity index (χ1) is 17.1. The van der Waals surface area contributed by atoms with Gasteiger partial charge in [0, 0.05) is 30.0 Å². The predicted molar refractivity (Wildman–Crippen MR) is 135 cm³/mol. The summed E-state index contributed by atoms with van der Waals surface area (Å²) in [4.78, 5) is 37.1. The van der Waals surface area contributed by atoms with Crippen molar-refractivity contribution >= 4 is 39.9 Å². The summed E-state index contributed by atoms with van der Waals surface area (Å²) in [5.74, 6) is 1.09. The SMILES string of the molecule is Cn1c(C2CCC2)nc2cc(C(=O)NCc3nc4c(s3)CCCC4)cc(NC(=O)C3CCCO3)c21. The second-order valence-electron chi connectivity index (χ2n) is 9.91. The van der Waals surface area contributed by atoms with Crippen LogP contribution in [0.3, 0.4) is 0 Å². The summed E-state index contributed by atoms with van der Waals surface area (Å²) in [6.07, 6.45) is 9.15. The van der Waals surface area contributed by atoms with Crippen molar-refractivity contribution in [3.63, 3.8) is 0 Å². The lowest BCUT2D eigenvalue weighted by atomic mass is 9.85. The van der Waals surface area contributed by atoms with Crippen molar-refractivity contribution in [3.05, 3.63) is 39.1 Å². The molecule has 1 saturated heterocycles. The maximum absolute atomic E-state index is 13.2. The molecule has 2 N–H and O–H groups in total. The van der Waals surface area contributed by atoms with Gasteiger partial charge in [-0.15, -0.1) is 11.3 Å². The molecular formula is C26H31N5O3S. The molecule has 184 valence electrons. The molecule has 0 radical (unpaired) electrons. The maximum Gasteiger partial charge on any atom is 0.253 e. The van der Waals surface area contributed by atoms with Crippen LogP contribution in [0.5, 0.6) is 0 Å². The van der Waals surface area contributed by atoms with Crippen LogP contribution in [0.15, 0.2) is 12.1 Å². The Morgan fingerprint density at radius 3 is 2.71 bits per heavy atom. The zero-order valence-electron chi connectivity index (χ0n) is 20.1. The molecule has 1 aliphatic heterocycles. The lowest BCUT2D eigenvalue weighted by Gasteiger charge is -2.24. The Balaban J connectivity index is 1.28. The van der Waals surface area contributed by atoms with Crippen molar-refractivity contribution < 1.29 is 14.3 Å². The Labute approximate surface area is 208 Å². The first-order valence-corrected chi connectivity index (χ1v) is 13.6. The van der Waals surface area contributed by atoms with E-state index in [4.69, 9.17) is 14.7 Å². The number of fused-ring (bicyclic) bond motifs is 2. The molecule has 3 aliphatic rings. The highest BCUT2D eigenvalue weighted by Gasteiger charge is 2.28. The number of carbonyl (C=O) groups excluding carboxylic acids is 2. The summed E-state index contributed by atoms with van der Waals surface area (Å²) in [6, 6.07) is 3.60. The van der Waals surface area contributed by atoms with E-state index in [0.29, 0.717) is 36.7 Å². The molecule has 0 spiro atoms. The third kappa shape index (κ3) is 4.36. The van der Waals surface area contributed by atoms with Crippen molar-refractivity contribution in [2.45, 2.75) is 76.4 Å². The van der Waals surface area contributed by atoms with Gasteiger partial charge in [0.15, 0.2) is 0 Å². The zero-order valence-corrected chi connectivity index (χ0v) is 20.9. The fraction of sp³-hybridized carbons (Fsp3) is 0.538. The second kappa shape index (κ2) is 9.35. The normalized spacial score (nSPS) is 20.0. The maximum atomic E-state index is 13.2. The zero-order chi connectivity index (χ0) is 23.9. The van der Waals surface area contributed by atoms with Gasteiger partial charge in [-0.3, -0.25) is 9.59 Å². The van der Waals surface area contributed by atoms with Crippen LogP contribution in [0.25, 0.3) is 11.0 Å². The van der Waals surface area contributed by atoms with Gasteiger partial charge in [-0.05, 0) is 63.5 Å². The highest BCUT2D eigenvalue weighted by atomic mass is 32.1. The highest BCUT2D eigenvalue weighted by Crippen LogP contribution is 2.38. The van der Waals surface area contributed by atoms with Crippen LogP contribution in [0.1, 0.15) is 82.6 Å². The van der Waals surface area contributed by atoms with Crippen LogP contribution in [-0.4, -0.2) is 39.1 Å². The summed E-state index contributed by atoms with van der Waals surface area (Å²) >= 11 is 1.71. The van der Waals surface area contributed by atoms with Gasteiger partial charge in [0.1, 0.15) is 16.9 Å². The van der Waals surface area contributed by atoms with Crippen molar-refractivity contribution in [1.29, 1.82) is 0 Å². The number of carbonyl (C=O) groups is 2. The Morgan fingerprint density at radius 2 is 1.97 bits per heavy atom. The molecule has 1 aromatic carbocycles. The number of imidazole rings is 1. The smallest absolute Gasteiger partial charge is 0.253 e. The van der Waals surface area contributed by atoms with Gasteiger partial charge in [0.05, 0.1) is 29.0 Å². The predicted octanol–water partition coefficient (Wildman–Crippen LogP) is 4.22. The van der Waals surface area contributed by atoms with Crippen LogP contribution in [-0.2, 0) is 36.0 Å². The number of aromatic nitrogens is 3. The monoisotopic (exact) mass is 493 g/mol. The van der Waals surface area contributed by atoms with Gasteiger partial charge >= 0.3 is 0 Å². The summed E-state index contributed by atoms with van der Waals surface area (Å²) < 4.78 is 7.65. The number of nitrogens with one attached hydrogen (secondary N) is 2. The van der Waals surface area contributed by atoms with Crippen LogP contribution >= 0.6 is 11.3 Å². The molecule has 1 unspecified atom stereocenters. The van der Waals surface area contributed by atoms with E-state index in [1.807, 2.05) is 13.1 Å². The average molecular weight is 494 g/mol. The molecule has 6 rings (SSSR count). The largest absolute Gasteiger partial charge is 0.368 e. The Kier molecular flexibility index (Phi) is 6.06. The molecule has 2 aliphatic carbocycles. The number of anilines is 1. The number of nitrogens with zero attached hydrogens (tertiary/aromatic N) is 3. The minimum absolute atomic E-state index is 0.166. The van der Waals surface area contributed by atoms with Gasteiger partial charge in [-0.1, -0.05) is 6.42 Å². The first kappa shape index (κ1) is 22.7. The number of hydrogen-bond acceptors (Lipinski definition) is 6. The van der Waals surface area contributed by atoms with Gasteiger partial charge in [-0.2, -0.15) is 0 Å². The average Bonchev–Trinajstić information content (AvgIpc) is 3.56. The Hall–Kier alpha value is -2.78. The fourth-order valence-electron chi connectivity index (χ4n) is 5.36. The van der Waals surface area contributed by atoms with Gasteiger partial charge in [0.25, 0.3) is 11.8 Å². The minimum atomic E-state index is -0.446. The van der Waals surface area contributed by atoms with E-state index >= 15 is 0 Å². The van der Waals surface area contributed by atoms with E-state index in [0.717, 1.165) is 54.0 Å². The Bertz CT molecular complexity index is 1260. The molecule has 2 fully saturated rings. The molecule has 8 nitrogen and oxygen atoms in total.